The van der Waals surface area contributed by atoms with Gasteiger partial charge in [0.25, 0.3) is 5.91 Å². The van der Waals surface area contributed by atoms with Gasteiger partial charge in [0, 0.05) is 5.02 Å². The van der Waals surface area contributed by atoms with Gasteiger partial charge in [-0.05, 0) is 37.6 Å². The third-order valence-electron chi connectivity index (χ3n) is 3.72. The van der Waals surface area contributed by atoms with Gasteiger partial charge in [-0.2, -0.15) is 5.26 Å². The number of nitrogens with one attached hydrogen (secondary N) is 1. The largest absolute Gasteiger partial charge is 0.482 e. The summed E-state index contributed by atoms with van der Waals surface area (Å²) in [5, 5.41) is 12.3. The molecular formula is C21H21ClN2O4. The van der Waals surface area contributed by atoms with Crippen molar-refractivity contribution in [3.63, 3.8) is 0 Å². The predicted octanol–water partition coefficient (Wildman–Crippen LogP) is 3.79. The fourth-order valence-electron chi connectivity index (χ4n) is 2.54. The molecule has 0 fully saturated rings. The average Bonchev–Trinajstić information content (AvgIpc) is 2.66. The van der Waals surface area contributed by atoms with Gasteiger partial charge in [0.05, 0.1) is 24.1 Å². The van der Waals surface area contributed by atoms with Crippen LogP contribution >= 0.6 is 11.6 Å². The number of carbonyl (C=O) groups excluding carboxylic acids is 2. The SMILES string of the molecule is CC(C)OC(=O)C[C@@H](NC(=O)COc1ccccc1C#N)c1ccccc1Cl. The van der Waals surface area contributed by atoms with E-state index in [1.807, 2.05) is 6.07 Å². The van der Waals surface area contributed by atoms with Crippen LogP contribution in [0.5, 0.6) is 5.75 Å². The molecule has 2 aromatic rings. The van der Waals surface area contributed by atoms with Gasteiger partial charge >= 0.3 is 5.97 Å². The van der Waals surface area contributed by atoms with Crippen molar-refractivity contribution in [2.75, 3.05) is 6.61 Å². The molecule has 6 nitrogen and oxygen atoms in total. The van der Waals surface area contributed by atoms with Crippen molar-refractivity contribution >= 4 is 23.5 Å². The van der Waals surface area contributed by atoms with E-state index < -0.39 is 17.9 Å². The molecule has 146 valence electrons. The number of esters is 1. The van der Waals surface area contributed by atoms with Crippen LogP contribution in [-0.2, 0) is 14.3 Å². The minimum Gasteiger partial charge on any atom is -0.482 e. The first-order chi connectivity index (χ1) is 13.4. The lowest BCUT2D eigenvalue weighted by Crippen LogP contribution is -2.34. The highest BCUT2D eigenvalue weighted by Crippen LogP contribution is 2.26. The molecule has 0 heterocycles. The molecule has 0 spiro atoms. The van der Waals surface area contributed by atoms with Gasteiger partial charge < -0.3 is 14.8 Å². The molecule has 0 radical (unpaired) electrons. The number of para-hydroxylation sites is 1. The zero-order valence-corrected chi connectivity index (χ0v) is 16.4. The third-order valence-corrected chi connectivity index (χ3v) is 4.06. The van der Waals surface area contributed by atoms with Crippen molar-refractivity contribution in [3.05, 3.63) is 64.7 Å². The first-order valence-electron chi connectivity index (χ1n) is 8.76. The highest BCUT2D eigenvalue weighted by molar-refractivity contribution is 6.31. The second kappa shape index (κ2) is 10.3. The van der Waals surface area contributed by atoms with Crippen molar-refractivity contribution in [1.29, 1.82) is 5.26 Å². The Morgan fingerprint density at radius 1 is 1.14 bits per heavy atom. The molecule has 0 aliphatic heterocycles. The molecule has 0 bridgehead atoms. The van der Waals surface area contributed by atoms with Crippen molar-refractivity contribution in [2.45, 2.75) is 32.4 Å². The minimum atomic E-state index is -0.665. The van der Waals surface area contributed by atoms with Crippen LogP contribution in [0.15, 0.2) is 48.5 Å². The lowest BCUT2D eigenvalue weighted by molar-refractivity contribution is -0.148. The normalized spacial score (nSPS) is 11.4. The number of rotatable bonds is 8. The van der Waals surface area contributed by atoms with Crippen molar-refractivity contribution in [2.24, 2.45) is 0 Å². The predicted molar refractivity (Wildman–Crippen MR) is 105 cm³/mol. The zero-order chi connectivity index (χ0) is 20.5. The third kappa shape index (κ3) is 6.29. The number of halogens is 1. The van der Waals surface area contributed by atoms with Crippen LogP contribution in [0.3, 0.4) is 0 Å². The fourth-order valence-corrected chi connectivity index (χ4v) is 2.81. The van der Waals surface area contributed by atoms with Crippen LogP contribution in [0.2, 0.25) is 5.02 Å². The Balaban J connectivity index is 2.08. The number of nitrogens with zero attached hydrogens (tertiary/aromatic N) is 1. The van der Waals surface area contributed by atoms with Crippen molar-refractivity contribution < 1.29 is 19.1 Å². The smallest absolute Gasteiger partial charge is 0.308 e. The molecule has 0 aliphatic rings. The molecule has 0 aliphatic carbocycles. The summed E-state index contributed by atoms with van der Waals surface area (Å²) in [5.41, 5.74) is 0.939. The molecule has 0 aromatic heterocycles. The van der Waals surface area contributed by atoms with E-state index in [1.165, 1.54) is 0 Å². The molecule has 2 aromatic carbocycles. The number of benzene rings is 2. The van der Waals surface area contributed by atoms with E-state index in [2.05, 4.69) is 5.32 Å². The highest BCUT2D eigenvalue weighted by Gasteiger charge is 2.22. The van der Waals surface area contributed by atoms with E-state index in [1.54, 1.807) is 62.4 Å². The van der Waals surface area contributed by atoms with Crippen molar-refractivity contribution in [3.8, 4) is 11.8 Å². The topological polar surface area (TPSA) is 88.4 Å². The summed E-state index contributed by atoms with van der Waals surface area (Å²) in [6.07, 6.45) is -0.330. The Labute approximate surface area is 169 Å². The summed E-state index contributed by atoms with van der Waals surface area (Å²) >= 11 is 6.23. The molecular weight excluding hydrogens is 380 g/mol. The van der Waals surface area contributed by atoms with Crippen LogP contribution in [0.25, 0.3) is 0 Å². The Bertz CT molecular complexity index is 877. The Morgan fingerprint density at radius 2 is 1.82 bits per heavy atom. The standard InChI is InChI=1S/C21H21ClN2O4/c1-14(2)28-21(26)11-18(16-8-4-5-9-17(16)22)24-20(25)13-27-19-10-6-3-7-15(19)12-23/h3-10,14,18H,11,13H2,1-2H3,(H,24,25)/t18-/m1/s1. The molecule has 0 saturated heterocycles. The molecule has 28 heavy (non-hydrogen) atoms. The maximum absolute atomic E-state index is 12.4. The lowest BCUT2D eigenvalue weighted by atomic mass is 10.0. The maximum Gasteiger partial charge on any atom is 0.308 e. The van der Waals surface area contributed by atoms with Gasteiger partial charge in [-0.3, -0.25) is 9.59 Å². The van der Waals surface area contributed by atoms with E-state index in [0.717, 1.165) is 0 Å². The van der Waals surface area contributed by atoms with Gasteiger partial charge in [-0.1, -0.05) is 41.9 Å². The minimum absolute atomic E-state index is 0.0670. The quantitative estimate of drug-likeness (QED) is 0.681. The summed E-state index contributed by atoms with van der Waals surface area (Å²) in [5.74, 6) is -0.584. The van der Waals surface area contributed by atoms with Crippen LogP contribution < -0.4 is 10.1 Å². The number of hydrogen-bond acceptors (Lipinski definition) is 5. The van der Waals surface area contributed by atoms with E-state index in [4.69, 9.17) is 26.3 Å². The summed E-state index contributed by atoms with van der Waals surface area (Å²) in [4.78, 5) is 24.5. The molecule has 0 unspecified atom stereocenters. The number of hydrogen-bond donors (Lipinski definition) is 1. The first-order valence-corrected chi connectivity index (χ1v) is 9.13. The summed E-state index contributed by atoms with van der Waals surface area (Å²) in [7, 11) is 0. The molecule has 1 N–H and O–H groups in total. The monoisotopic (exact) mass is 400 g/mol. The molecule has 7 heteroatoms. The Kier molecular flexibility index (Phi) is 7.85. The van der Waals surface area contributed by atoms with Crippen LogP contribution in [0.1, 0.15) is 37.4 Å². The highest BCUT2D eigenvalue weighted by atomic mass is 35.5. The van der Waals surface area contributed by atoms with Gasteiger partial charge in [0.1, 0.15) is 11.8 Å². The molecule has 1 atom stereocenters. The summed E-state index contributed by atoms with van der Waals surface area (Å²) in [6.45, 7) is 3.20. The number of amides is 1. The number of ether oxygens (including phenoxy) is 2. The Hall–Kier alpha value is -3.04. The zero-order valence-electron chi connectivity index (χ0n) is 15.6. The van der Waals surface area contributed by atoms with Crippen LogP contribution in [0, 0.1) is 11.3 Å². The van der Waals surface area contributed by atoms with E-state index in [9.17, 15) is 9.59 Å². The van der Waals surface area contributed by atoms with Gasteiger partial charge in [0.2, 0.25) is 0 Å². The van der Waals surface area contributed by atoms with Crippen LogP contribution in [0.4, 0.5) is 0 Å². The fraction of sp³-hybridized carbons (Fsp3) is 0.286. The van der Waals surface area contributed by atoms with E-state index >= 15 is 0 Å². The maximum atomic E-state index is 12.4. The summed E-state index contributed by atoms with van der Waals surface area (Å²) < 4.78 is 10.6. The van der Waals surface area contributed by atoms with Gasteiger partial charge in [-0.15, -0.1) is 0 Å². The van der Waals surface area contributed by atoms with Gasteiger partial charge in [-0.25, -0.2) is 0 Å². The molecule has 2 rings (SSSR count). The van der Waals surface area contributed by atoms with E-state index in [-0.39, 0.29) is 19.1 Å². The second-order valence-electron chi connectivity index (χ2n) is 6.28. The Morgan fingerprint density at radius 3 is 2.50 bits per heavy atom. The number of nitriles is 1. The first kappa shape index (κ1) is 21.3. The van der Waals surface area contributed by atoms with Crippen LogP contribution in [-0.4, -0.2) is 24.6 Å². The second-order valence-corrected chi connectivity index (χ2v) is 6.69. The molecule has 0 saturated carbocycles. The number of carbonyl (C=O) groups is 2. The lowest BCUT2D eigenvalue weighted by Gasteiger charge is -2.20. The van der Waals surface area contributed by atoms with Crippen molar-refractivity contribution in [1.82, 2.24) is 5.32 Å². The van der Waals surface area contributed by atoms with E-state index in [0.29, 0.717) is 21.9 Å². The molecule has 1 amide bonds. The summed E-state index contributed by atoms with van der Waals surface area (Å²) in [6, 6.07) is 14.9. The van der Waals surface area contributed by atoms with Gasteiger partial charge in [0.15, 0.2) is 6.61 Å². The average molecular weight is 401 g/mol.